The number of ether oxygens (including phenoxy) is 1. The highest BCUT2D eigenvalue weighted by Crippen LogP contribution is 2.25. The van der Waals surface area contributed by atoms with E-state index in [1.54, 1.807) is 42.5 Å². The molecular formula is C20H28ClN3O4S. The monoisotopic (exact) mass is 441 g/mol. The fourth-order valence-electron chi connectivity index (χ4n) is 2.93. The van der Waals surface area contributed by atoms with E-state index in [9.17, 15) is 8.42 Å². The molecule has 3 aromatic rings. The van der Waals surface area contributed by atoms with Gasteiger partial charge in [-0.25, -0.2) is 8.42 Å². The first-order valence-corrected chi connectivity index (χ1v) is 10.6. The normalized spacial score (nSPS) is 10.8. The van der Waals surface area contributed by atoms with E-state index in [2.05, 4.69) is 21.9 Å². The maximum absolute atomic E-state index is 12.8. The van der Waals surface area contributed by atoms with Crippen molar-refractivity contribution in [1.82, 2.24) is 10.3 Å². The van der Waals surface area contributed by atoms with Gasteiger partial charge >= 0.3 is 0 Å². The molecule has 0 aliphatic rings. The topological polar surface area (TPSA) is 115 Å². The van der Waals surface area contributed by atoms with Crippen LogP contribution in [0.25, 0.3) is 10.9 Å². The number of rotatable bonds is 9. The van der Waals surface area contributed by atoms with Crippen LogP contribution in [0.1, 0.15) is 19.4 Å². The van der Waals surface area contributed by atoms with Gasteiger partial charge in [-0.1, -0.05) is 6.92 Å². The number of benzene rings is 2. The van der Waals surface area contributed by atoms with Crippen molar-refractivity contribution in [3.8, 4) is 5.75 Å². The molecule has 0 fully saturated rings. The van der Waals surface area contributed by atoms with Crippen molar-refractivity contribution in [2.45, 2.75) is 25.2 Å². The fraction of sp³-hybridized carbons (Fsp3) is 0.300. The van der Waals surface area contributed by atoms with Crippen molar-refractivity contribution in [2.75, 3.05) is 24.4 Å². The van der Waals surface area contributed by atoms with Gasteiger partial charge in [0.1, 0.15) is 5.75 Å². The molecule has 9 heteroatoms. The minimum absolute atomic E-state index is 0. The predicted molar refractivity (Wildman–Crippen MR) is 120 cm³/mol. The van der Waals surface area contributed by atoms with Crippen LogP contribution in [0.15, 0.2) is 53.6 Å². The van der Waals surface area contributed by atoms with E-state index in [1.165, 1.54) is 0 Å². The molecule has 0 saturated heterocycles. The zero-order valence-corrected chi connectivity index (χ0v) is 18.1. The Morgan fingerprint density at radius 3 is 2.45 bits per heavy atom. The number of aromatic amines is 1. The zero-order valence-electron chi connectivity index (χ0n) is 16.5. The molecule has 1 heterocycles. The quantitative estimate of drug-likeness (QED) is 0.442. The highest BCUT2D eigenvalue weighted by molar-refractivity contribution is 7.92. The molecule has 0 saturated carbocycles. The van der Waals surface area contributed by atoms with E-state index in [0.29, 0.717) is 18.0 Å². The molecule has 0 radical (unpaired) electrons. The summed E-state index contributed by atoms with van der Waals surface area (Å²) in [6, 6.07) is 12.0. The summed E-state index contributed by atoms with van der Waals surface area (Å²) in [6.45, 7) is 6.30. The first kappa shape index (κ1) is 24.8. The molecule has 0 amide bonds. The summed E-state index contributed by atoms with van der Waals surface area (Å²) in [5.74, 6) is 0.708. The molecule has 2 aromatic carbocycles. The predicted octanol–water partition coefficient (Wildman–Crippen LogP) is 3.12. The minimum Gasteiger partial charge on any atom is -0.494 e. The molecule has 0 unspecified atom stereocenters. The summed E-state index contributed by atoms with van der Waals surface area (Å²) >= 11 is 0. The standard InChI is InChI=1S/C20H25N3O3S.ClH.H2O/c1-3-21-12-11-15-14-22-20-10-9-18(13-19(15)20)27(24,25)23-16-5-7-17(8-6-16)26-4-2;;/h5-10,13-14,21-23H,3-4,11-12H2,1-2H3;1H;1H2. The molecule has 29 heavy (non-hydrogen) atoms. The van der Waals surface area contributed by atoms with E-state index in [0.717, 1.165) is 36.0 Å². The number of aromatic nitrogens is 1. The van der Waals surface area contributed by atoms with Crippen LogP contribution in [0.3, 0.4) is 0 Å². The minimum atomic E-state index is -3.67. The molecule has 1 aromatic heterocycles. The van der Waals surface area contributed by atoms with Crippen molar-refractivity contribution in [3.05, 3.63) is 54.2 Å². The third kappa shape index (κ3) is 6.11. The van der Waals surface area contributed by atoms with Gasteiger partial charge in [-0.2, -0.15) is 0 Å². The lowest BCUT2D eigenvalue weighted by molar-refractivity contribution is 0.340. The molecule has 0 atom stereocenters. The third-order valence-corrected chi connectivity index (χ3v) is 5.67. The number of sulfonamides is 1. The van der Waals surface area contributed by atoms with E-state index >= 15 is 0 Å². The van der Waals surface area contributed by atoms with Gasteiger partial charge < -0.3 is 20.5 Å². The Balaban J connectivity index is 0.00000210. The first-order chi connectivity index (χ1) is 13.0. The SMILES string of the molecule is CCNCCc1c[nH]c2ccc(S(=O)(=O)Nc3ccc(OCC)cc3)cc12.Cl.O. The molecule has 3 rings (SSSR count). The lowest BCUT2D eigenvalue weighted by Crippen LogP contribution is -2.16. The van der Waals surface area contributed by atoms with Crippen LogP contribution in [0.4, 0.5) is 5.69 Å². The summed E-state index contributed by atoms with van der Waals surface area (Å²) in [5.41, 5.74) is 2.53. The highest BCUT2D eigenvalue weighted by Gasteiger charge is 2.16. The largest absolute Gasteiger partial charge is 0.494 e. The van der Waals surface area contributed by atoms with Crippen molar-refractivity contribution in [1.29, 1.82) is 0 Å². The molecule has 0 aliphatic carbocycles. The summed E-state index contributed by atoms with van der Waals surface area (Å²) < 4.78 is 33.6. The summed E-state index contributed by atoms with van der Waals surface area (Å²) in [5, 5.41) is 4.22. The second-order valence-corrected chi connectivity index (χ2v) is 7.87. The maximum Gasteiger partial charge on any atom is 0.261 e. The number of H-pyrrole nitrogens is 1. The van der Waals surface area contributed by atoms with Gasteiger partial charge in [0.15, 0.2) is 0 Å². The highest BCUT2D eigenvalue weighted by atomic mass is 35.5. The molecular weight excluding hydrogens is 414 g/mol. The Bertz CT molecular complexity index is 1000. The fourth-order valence-corrected chi connectivity index (χ4v) is 4.02. The number of likely N-dealkylation sites (N-methyl/N-ethyl adjacent to an activating group) is 1. The second-order valence-electron chi connectivity index (χ2n) is 6.19. The average Bonchev–Trinajstić information content (AvgIpc) is 3.06. The van der Waals surface area contributed by atoms with Crippen LogP contribution in [-0.2, 0) is 16.4 Å². The summed E-state index contributed by atoms with van der Waals surface area (Å²) in [4.78, 5) is 3.45. The van der Waals surface area contributed by atoms with Crippen LogP contribution in [0.2, 0.25) is 0 Å². The lowest BCUT2D eigenvalue weighted by Gasteiger charge is -2.10. The van der Waals surface area contributed by atoms with Crippen molar-refractivity contribution >= 4 is 39.0 Å². The third-order valence-electron chi connectivity index (χ3n) is 4.29. The Kier molecular flexibility index (Phi) is 9.45. The number of hydrogen-bond acceptors (Lipinski definition) is 4. The van der Waals surface area contributed by atoms with Crippen molar-refractivity contribution in [2.24, 2.45) is 0 Å². The van der Waals surface area contributed by atoms with Gasteiger partial charge in [-0.05, 0) is 74.5 Å². The maximum atomic E-state index is 12.8. The van der Waals surface area contributed by atoms with Crippen molar-refractivity contribution in [3.63, 3.8) is 0 Å². The molecule has 7 nitrogen and oxygen atoms in total. The average molecular weight is 442 g/mol. The number of nitrogens with one attached hydrogen (secondary N) is 3. The Hall–Kier alpha value is -2.26. The van der Waals surface area contributed by atoms with E-state index in [-0.39, 0.29) is 22.8 Å². The first-order valence-electron chi connectivity index (χ1n) is 9.10. The van der Waals surface area contributed by atoms with Gasteiger partial charge in [0.05, 0.1) is 11.5 Å². The van der Waals surface area contributed by atoms with E-state index < -0.39 is 10.0 Å². The van der Waals surface area contributed by atoms with Crippen LogP contribution >= 0.6 is 12.4 Å². The van der Waals surface area contributed by atoms with Gasteiger partial charge in [0, 0.05) is 22.8 Å². The Labute approximate surface area is 177 Å². The number of hydrogen-bond donors (Lipinski definition) is 3. The molecule has 5 N–H and O–H groups in total. The molecule has 160 valence electrons. The Morgan fingerprint density at radius 2 is 1.79 bits per heavy atom. The van der Waals surface area contributed by atoms with Crippen LogP contribution in [0.5, 0.6) is 5.75 Å². The number of anilines is 1. The number of fused-ring (bicyclic) bond motifs is 1. The molecule has 0 bridgehead atoms. The van der Waals surface area contributed by atoms with E-state index in [1.807, 2.05) is 13.1 Å². The summed E-state index contributed by atoms with van der Waals surface area (Å²) in [6.07, 6.45) is 2.78. The smallest absolute Gasteiger partial charge is 0.261 e. The van der Waals surface area contributed by atoms with Gasteiger partial charge in [0.25, 0.3) is 10.0 Å². The van der Waals surface area contributed by atoms with Crippen LogP contribution in [0, 0.1) is 0 Å². The van der Waals surface area contributed by atoms with E-state index in [4.69, 9.17) is 4.74 Å². The Morgan fingerprint density at radius 1 is 1.07 bits per heavy atom. The van der Waals surface area contributed by atoms with Crippen molar-refractivity contribution < 1.29 is 18.6 Å². The number of halogens is 1. The molecule has 0 aliphatic heterocycles. The van der Waals surface area contributed by atoms with Gasteiger partial charge in [-0.3, -0.25) is 4.72 Å². The van der Waals surface area contributed by atoms with Crippen LogP contribution in [-0.4, -0.2) is 38.6 Å². The lowest BCUT2D eigenvalue weighted by atomic mass is 10.1. The zero-order chi connectivity index (χ0) is 19.3. The van der Waals surface area contributed by atoms with Gasteiger partial charge in [0.2, 0.25) is 0 Å². The molecule has 0 spiro atoms. The summed E-state index contributed by atoms with van der Waals surface area (Å²) in [7, 11) is -3.67. The second kappa shape index (κ2) is 11.1. The van der Waals surface area contributed by atoms with Gasteiger partial charge in [-0.15, -0.1) is 12.4 Å². The van der Waals surface area contributed by atoms with Crippen LogP contribution < -0.4 is 14.8 Å².